The Hall–Kier alpha value is -0.630. The molecule has 2 heteroatoms. The smallest absolute Gasteiger partial charge is 0.136 e. The van der Waals surface area contributed by atoms with Crippen LogP contribution in [0.3, 0.4) is 0 Å². The molecule has 0 bridgehead atoms. The molecule has 2 saturated carbocycles. The highest BCUT2D eigenvalue weighted by molar-refractivity contribution is 5.84. The highest BCUT2D eigenvalue weighted by Gasteiger charge is 2.53. The highest BCUT2D eigenvalue weighted by atomic mass is 16.5. The van der Waals surface area contributed by atoms with Crippen LogP contribution in [0, 0.1) is 17.8 Å². The Morgan fingerprint density at radius 3 is 2.80 bits per heavy atom. The Kier molecular flexibility index (Phi) is 5.42. The number of carbonyl (C=O) groups is 1. The molecule has 2 aliphatic rings. The van der Waals surface area contributed by atoms with Crippen molar-refractivity contribution >= 4 is 5.78 Å². The molecule has 0 saturated heterocycles. The van der Waals surface area contributed by atoms with Gasteiger partial charge in [-0.1, -0.05) is 32.8 Å². The Morgan fingerprint density at radius 1 is 1.35 bits per heavy atom. The minimum absolute atomic E-state index is 0.0709. The molecule has 2 rings (SSSR count). The fraction of sp³-hybridized carbons (Fsp3) is 0.833. The van der Waals surface area contributed by atoms with Crippen molar-refractivity contribution in [1.82, 2.24) is 0 Å². The van der Waals surface area contributed by atoms with Crippen molar-refractivity contribution in [3.05, 3.63) is 12.7 Å². The topological polar surface area (TPSA) is 26.3 Å². The third-order valence-electron chi connectivity index (χ3n) is 5.26. The molecule has 4 atom stereocenters. The van der Waals surface area contributed by atoms with Gasteiger partial charge in [0.25, 0.3) is 0 Å². The van der Waals surface area contributed by atoms with Crippen LogP contribution >= 0.6 is 0 Å². The van der Waals surface area contributed by atoms with Gasteiger partial charge in [-0.25, -0.2) is 0 Å². The molecule has 0 heterocycles. The number of hydrogen-bond donors (Lipinski definition) is 0. The molecule has 4 unspecified atom stereocenters. The van der Waals surface area contributed by atoms with E-state index in [0.29, 0.717) is 17.6 Å². The van der Waals surface area contributed by atoms with E-state index >= 15 is 0 Å². The summed E-state index contributed by atoms with van der Waals surface area (Å²) in [6.07, 6.45) is 10.5. The lowest BCUT2D eigenvalue weighted by Gasteiger charge is -2.31. The van der Waals surface area contributed by atoms with Crippen molar-refractivity contribution in [3.8, 4) is 0 Å². The van der Waals surface area contributed by atoms with Crippen LogP contribution in [0.2, 0.25) is 0 Å². The maximum Gasteiger partial charge on any atom is 0.136 e. The van der Waals surface area contributed by atoms with Gasteiger partial charge >= 0.3 is 0 Å². The summed E-state index contributed by atoms with van der Waals surface area (Å²) in [7, 11) is 0. The van der Waals surface area contributed by atoms with Crippen LogP contribution in [0.25, 0.3) is 0 Å². The Bertz CT molecular complexity index is 339. The zero-order valence-corrected chi connectivity index (χ0v) is 13.2. The van der Waals surface area contributed by atoms with Crippen LogP contribution in [0.15, 0.2) is 12.7 Å². The van der Waals surface area contributed by atoms with Crippen molar-refractivity contribution in [2.24, 2.45) is 17.8 Å². The maximum absolute atomic E-state index is 12.1. The zero-order valence-electron chi connectivity index (χ0n) is 13.2. The van der Waals surface area contributed by atoms with Gasteiger partial charge in [-0.3, -0.25) is 4.79 Å². The number of unbranched alkanes of at least 4 members (excludes halogenated alkanes) is 1. The Morgan fingerprint density at radius 2 is 2.15 bits per heavy atom. The van der Waals surface area contributed by atoms with Crippen LogP contribution in [-0.2, 0) is 9.53 Å². The van der Waals surface area contributed by atoms with Crippen LogP contribution in [0.1, 0.15) is 65.2 Å². The third-order valence-corrected chi connectivity index (χ3v) is 5.26. The second-order valence-electron chi connectivity index (χ2n) is 6.77. The number of carbonyl (C=O) groups excluding carboxylic acids is 1. The number of Topliss-reactive ketones (excluding diaryl/α,β-unsaturated/α-hetero) is 1. The van der Waals surface area contributed by atoms with Gasteiger partial charge in [-0.05, 0) is 43.9 Å². The summed E-state index contributed by atoms with van der Waals surface area (Å²) in [6.45, 7) is 9.11. The summed E-state index contributed by atoms with van der Waals surface area (Å²) < 4.78 is 6.30. The quantitative estimate of drug-likeness (QED) is 0.610. The van der Waals surface area contributed by atoms with E-state index in [1.54, 1.807) is 0 Å². The van der Waals surface area contributed by atoms with Crippen molar-refractivity contribution in [2.75, 3.05) is 6.61 Å². The third kappa shape index (κ3) is 3.16. The summed E-state index contributed by atoms with van der Waals surface area (Å²) in [5.41, 5.74) is 0.0709. The molecule has 0 aliphatic heterocycles. The first-order chi connectivity index (χ1) is 9.65. The first kappa shape index (κ1) is 15.8. The lowest BCUT2D eigenvalue weighted by molar-refractivity contribution is -0.122. The standard InChI is InChI=1S/C18H30O2/c1-4-7-9-18(20-10-6-3)12-14-11-17(19)15(8-5-2)16(14)13-18/h5,14-16H,2,4,6-13H2,1,3H3. The predicted molar refractivity (Wildman–Crippen MR) is 82.6 cm³/mol. The molecule has 114 valence electrons. The van der Waals surface area contributed by atoms with Crippen LogP contribution in [-0.4, -0.2) is 18.0 Å². The average Bonchev–Trinajstić information content (AvgIpc) is 2.91. The van der Waals surface area contributed by atoms with Crippen molar-refractivity contribution in [2.45, 2.75) is 70.8 Å². The molecule has 2 aliphatic carbocycles. The van der Waals surface area contributed by atoms with Gasteiger partial charge in [-0.2, -0.15) is 0 Å². The summed E-state index contributed by atoms with van der Waals surface area (Å²) in [5, 5.41) is 0. The molecule has 0 N–H and O–H groups in total. The Balaban J connectivity index is 2.06. The monoisotopic (exact) mass is 278 g/mol. The molecular weight excluding hydrogens is 248 g/mol. The average molecular weight is 278 g/mol. The van der Waals surface area contributed by atoms with Gasteiger partial charge in [0.1, 0.15) is 5.78 Å². The van der Waals surface area contributed by atoms with Gasteiger partial charge in [0.2, 0.25) is 0 Å². The number of allylic oxidation sites excluding steroid dienone is 1. The first-order valence-corrected chi connectivity index (χ1v) is 8.43. The fourth-order valence-electron chi connectivity index (χ4n) is 4.35. The van der Waals surface area contributed by atoms with Crippen molar-refractivity contribution in [1.29, 1.82) is 0 Å². The molecular formula is C18H30O2. The molecule has 20 heavy (non-hydrogen) atoms. The number of fused-ring (bicyclic) bond motifs is 1. The molecule has 0 amide bonds. The minimum atomic E-state index is 0.0709. The van der Waals surface area contributed by atoms with Crippen LogP contribution < -0.4 is 0 Å². The Labute approximate surface area is 124 Å². The van der Waals surface area contributed by atoms with Gasteiger partial charge in [0.15, 0.2) is 0 Å². The van der Waals surface area contributed by atoms with Crippen LogP contribution in [0.5, 0.6) is 0 Å². The minimum Gasteiger partial charge on any atom is -0.375 e. The van der Waals surface area contributed by atoms with E-state index in [-0.39, 0.29) is 11.5 Å². The molecule has 0 aromatic carbocycles. The number of hydrogen-bond acceptors (Lipinski definition) is 2. The van der Waals surface area contributed by atoms with Crippen molar-refractivity contribution in [3.63, 3.8) is 0 Å². The van der Waals surface area contributed by atoms with Gasteiger partial charge in [-0.15, -0.1) is 6.58 Å². The van der Waals surface area contributed by atoms with Gasteiger partial charge < -0.3 is 4.74 Å². The molecule has 0 spiro atoms. The summed E-state index contributed by atoms with van der Waals surface area (Å²) in [6, 6.07) is 0. The second-order valence-corrected chi connectivity index (χ2v) is 6.77. The van der Waals surface area contributed by atoms with E-state index in [1.807, 2.05) is 6.08 Å². The van der Waals surface area contributed by atoms with E-state index in [9.17, 15) is 4.79 Å². The summed E-state index contributed by atoms with van der Waals surface area (Å²) in [5.74, 6) is 1.82. The lowest BCUT2D eigenvalue weighted by Crippen LogP contribution is -2.32. The van der Waals surface area contributed by atoms with E-state index in [0.717, 1.165) is 38.7 Å². The number of ketones is 1. The zero-order chi connectivity index (χ0) is 14.6. The summed E-state index contributed by atoms with van der Waals surface area (Å²) >= 11 is 0. The highest BCUT2D eigenvalue weighted by Crippen LogP contribution is 2.54. The largest absolute Gasteiger partial charge is 0.375 e. The van der Waals surface area contributed by atoms with Crippen LogP contribution in [0.4, 0.5) is 0 Å². The molecule has 0 aromatic heterocycles. The molecule has 0 aromatic rings. The van der Waals surface area contributed by atoms with Gasteiger partial charge in [0, 0.05) is 18.9 Å². The number of rotatable bonds is 8. The second kappa shape index (κ2) is 6.89. The van der Waals surface area contributed by atoms with E-state index < -0.39 is 0 Å². The predicted octanol–water partition coefficient (Wildman–Crippen LogP) is 4.53. The number of ether oxygens (including phenoxy) is 1. The van der Waals surface area contributed by atoms with E-state index in [4.69, 9.17) is 4.74 Å². The first-order valence-electron chi connectivity index (χ1n) is 8.43. The SMILES string of the molecule is C=CCC1C(=O)CC2CC(CCCC)(OCCC)CC21. The summed E-state index contributed by atoms with van der Waals surface area (Å²) in [4.78, 5) is 12.1. The fourth-order valence-corrected chi connectivity index (χ4v) is 4.35. The molecule has 2 nitrogen and oxygen atoms in total. The van der Waals surface area contributed by atoms with Gasteiger partial charge in [0.05, 0.1) is 5.60 Å². The lowest BCUT2D eigenvalue weighted by atomic mass is 9.86. The van der Waals surface area contributed by atoms with E-state index in [2.05, 4.69) is 20.4 Å². The van der Waals surface area contributed by atoms with E-state index in [1.165, 1.54) is 19.3 Å². The molecule has 2 fully saturated rings. The van der Waals surface area contributed by atoms with Crippen molar-refractivity contribution < 1.29 is 9.53 Å². The maximum atomic E-state index is 12.1. The molecule has 0 radical (unpaired) electrons. The normalized spacial score (nSPS) is 36.3.